The van der Waals surface area contributed by atoms with Crippen LogP contribution in [-0.4, -0.2) is 24.4 Å². The van der Waals surface area contributed by atoms with Gasteiger partial charge in [-0.15, -0.1) is 11.3 Å². The van der Waals surface area contributed by atoms with E-state index in [4.69, 9.17) is 4.74 Å². The number of nitrogens with one attached hydrogen (secondary N) is 1. The van der Waals surface area contributed by atoms with Gasteiger partial charge in [-0.05, 0) is 61.1 Å². The molecule has 1 fully saturated rings. The third-order valence-corrected chi connectivity index (χ3v) is 6.69. The van der Waals surface area contributed by atoms with E-state index < -0.39 is 5.97 Å². The first kappa shape index (κ1) is 20.5. The molecular formula is C25H22N2O4S. The minimum atomic E-state index is -0.577. The molecule has 1 aliphatic carbocycles. The van der Waals surface area contributed by atoms with Gasteiger partial charge in [0.25, 0.3) is 5.91 Å². The second-order valence-corrected chi connectivity index (χ2v) is 9.07. The number of hydrogen-bond acceptors (Lipinski definition) is 5. The van der Waals surface area contributed by atoms with E-state index in [0.717, 1.165) is 59.5 Å². The Morgan fingerprint density at radius 3 is 2.16 bits per heavy atom. The highest BCUT2D eigenvalue weighted by atomic mass is 32.1. The van der Waals surface area contributed by atoms with Gasteiger partial charge < -0.3 is 10.1 Å². The zero-order valence-corrected chi connectivity index (χ0v) is 18.2. The number of ether oxygens (including phenoxy) is 1. The highest BCUT2D eigenvalue weighted by Crippen LogP contribution is 2.36. The van der Waals surface area contributed by atoms with Crippen molar-refractivity contribution in [2.24, 2.45) is 5.92 Å². The zero-order chi connectivity index (χ0) is 22.1. The molecule has 6 nitrogen and oxygen atoms in total. The second-order valence-electron chi connectivity index (χ2n) is 7.99. The molecule has 2 aliphatic rings. The molecule has 0 atom stereocenters. The van der Waals surface area contributed by atoms with Gasteiger partial charge in [0, 0.05) is 5.92 Å². The summed E-state index contributed by atoms with van der Waals surface area (Å²) in [4.78, 5) is 39.7. The maximum absolute atomic E-state index is 13.2. The molecule has 2 amide bonds. The number of carbonyl (C=O) groups is 3. The van der Waals surface area contributed by atoms with Gasteiger partial charge >= 0.3 is 5.97 Å². The minimum Gasteiger partial charge on any atom is -0.451 e. The number of para-hydroxylation sites is 2. The van der Waals surface area contributed by atoms with Gasteiger partial charge in [0.15, 0.2) is 6.61 Å². The SMILES string of the molecule is O=C(OCC(=O)N1c2ccccc2CCc2ccccc21)c1ccc(NC(=O)C2CC2)s1. The molecule has 7 heteroatoms. The Morgan fingerprint density at radius 1 is 0.906 bits per heavy atom. The Labute approximate surface area is 189 Å². The molecule has 1 aliphatic heterocycles. The third-order valence-electron chi connectivity index (χ3n) is 5.71. The average Bonchev–Trinajstić information content (AvgIpc) is 3.59. The molecule has 1 N–H and O–H groups in total. The molecule has 0 saturated heterocycles. The van der Waals surface area contributed by atoms with Crippen molar-refractivity contribution in [2.75, 3.05) is 16.8 Å². The lowest BCUT2D eigenvalue weighted by Crippen LogP contribution is -2.31. The summed E-state index contributed by atoms with van der Waals surface area (Å²) in [6.07, 6.45) is 3.50. The van der Waals surface area contributed by atoms with Gasteiger partial charge in [-0.2, -0.15) is 0 Å². The molecule has 2 aromatic carbocycles. The zero-order valence-electron chi connectivity index (χ0n) is 17.4. The highest BCUT2D eigenvalue weighted by Gasteiger charge is 2.30. The van der Waals surface area contributed by atoms with Crippen LogP contribution in [0.4, 0.5) is 16.4 Å². The fourth-order valence-corrected chi connectivity index (χ4v) is 4.70. The van der Waals surface area contributed by atoms with Gasteiger partial charge in [0.05, 0.1) is 16.4 Å². The van der Waals surface area contributed by atoms with Crippen molar-refractivity contribution in [1.29, 1.82) is 0 Å². The molecule has 162 valence electrons. The summed E-state index contributed by atoms with van der Waals surface area (Å²) in [5.41, 5.74) is 3.80. The predicted molar refractivity (Wildman–Crippen MR) is 123 cm³/mol. The van der Waals surface area contributed by atoms with Gasteiger partial charge in [0.1, 0.15) is 4.88 Å². The standard InChI is InChI=1S/C25H22N2O4S/c28-23(15-31-25(30)21-13-14-22(32-21)26-24(29)18-11-12-18)27-19-7-3-1-5-16(19)9-10-17-6-2-4-8-20(17)27/h1-8,13-14,18H,9-12,15H2,(H,26,29). The fraction of sp³-hybridized carbons (Fsp3) is 0.240. The van der Waals surface area contributed by atoms with Gasteiger partial charge in [0.2, 0.25) is 5.91 Å². The van der Waals surface area contributed by atoms with Crippen LogP contribution in [0.25, 0.3) is 0 Å². The van der Waals surface area contributed by atoms with E-state index in [0.29, 0.717) is 9.88 Å². The number of esters is 1. The van der Waals surface area contributed by atoms with Crippen molar-refractivity contribution in [3.8, 4) is 0 Å². The van der Waals surface area contributed by atoms with Crippen molar-refractivity contribution < 1.29 is 19.1 Å². The summed E-state index contributed by atoms with van der Waals surface area (Å²) < 4.78 is 5.36. The van der Waals surface area contributed by atoms with Crippen LogP contribution in [0.3, 0.4) is 0 Å². The first-order chi connectivity index (χ1) is 15.6. The van der Waals surface area contributed by atoms with Crippen molar-refractivity contribution >= 4 is 45.5 Å². The largest absolute Gasteiger partial charge is 0.451 e. The van der Waals surface area contributed by atoms with Crippen molar-refractivity contribution in [3.63, 3.8) is 0 Å². The Balaban J connectivity index is 1.30. The van der Waals surface area contributed by atoms with E-state index in [9.17, 15) is 14.4 Å². The first-order valence-electron chi connectivity index (χ1n) is 10.7. The number of aryl methyl sites for hydroxylation is 2. The molecule has 5 rings (SSSR count). The van der Waals surface area contributed by atoms with E-state index in [1.807, 2.05) is 48.5 Å². The number of hydrogen-bond donors (Lipinski definition) is 1. The molecule has 32 heavy (non-hydrogen) atoms. The van der Waals surface area contributed by atoms with Crippen LogP contribution in [0.2, 0.25) is 0 Å². The quantitative estimate of drug-likeness (QED) is 0.576. The molecule has 1 aromatic heterocycles. The fourth-order valence-electron chi connectivity index (χ4n) is 3.90. The van der Waals surface area contributed by atoms with E-state index in [2.05, 4.69) is 5.32 Å². The van der Waals surface area contributed by atoms with Crippen LogP contribution in [0.15, 0.2) is 60.7 Å². The number of carbonyl (C=O) groups excluding carboxylic acids is 3. The summed E-state index contributed by atoms with van der Waals surface area (Å²) in [5, 5.41) is 3.43. The Bertz CT molecular complexity index is 1150. The van der Waals surface area contributed by atoms with Crippen molar-refractivity contribution in [1.82, 2.24) is 0 Å². The maximum Gasteiger partial charge on any atom is 0.348 e. The summed E-state index contributed by atoms with van der Waals surface area (Å²) >= 11 is 1.15. The smallest absolute Gasteiger partial charge is 0.348 e. The molecule has 0 bridgehead atoms. The maximum atomic E-state index is 13.2. The van der Waals surface area contributed by atoms with E-state index in [1.165, 1.54) is 0 Å². The summed E-state index contributed by atoms with van der Waals surface area (Å²) in [5.74, 6) is -0.810. The second kappa shape index (κ2) is 8.59. The number of thiophene rings is 1. The number of anilines is 3. The van der Waals surface area contributed by atoms with Crippen LogP contribution in [0, 0.1) is 5.92 Å². The van der Waals surface area contributed by atoms with Crippen LogP contribution in [0.5, 0.6) is 0 Å². The van der Waals surface area contributed by atoms with Gasteiger partial charge in [-0.25, -0.2) is 4.79 Å². The summed E-state index contributed by atoms with van der Waals surface area (Å²) in [7, 11) is 0. The number of amides is 2. The van der Waals surface area contributed by atoms with Crippen LogP contribution in [-0.2, 0) is 27.2 Å². The molecule has 3 aromatic rings. The number of fused-ring (bicyclic) bond motifs is 2. The number of benzene rings is 2. The topological polar surface area (TPSA) is 75.7 Å². The van der Waals surface area contributed by atoms with E-state index in [-0.39, 0.29) is 24.3 Å². The molecule has 0 spiro atoms. The Morgan fingerprint density at radius 2 is 1.53 bits per heavy atom. The lowest BCUT2D eigenvalue weighted by atomic mass is 10.0. The Kier molecular flexibility index (Phi) is 5.49. The highest BCUT2D eigenvalue weighted by molar-refractivity contribution is 7.18. The minimum absolute atomic E-state index is 0.0135. The Hall–Kier alpha value is -3.45. The molecule has 0 radical (unpaired) electrons. The first-order valence-corrected chi connectivity index (χ1v) is 11.5. The van der Waals surface area contributed by atoms with Gasteiger partial charge in [-0.3, -0.25) is 14.5 Å². The molecule has 0 unspecified atom stereocenters. The normalized spacial score (nSPS) is 14.7. The molecule has 1 saturated carbocycles. The average molecular weight is 447 g/mol. The lowest BCUT2D eigenvalue weighted by Gasteiger charge is -2.24. The van der Waals surface area contributed by atoms with E-state index >= 15 is 0 Å². The summed E-state index contributed by atoms with van der Waals surface area (Å²) in [6, 6.07) is 18.9. The van der Waals surface area contributed by atoms with Crippen molar-refractivity contribution in [2.45, 2.75) is 25.7 Å². The van der Waals surface area contributed by atoms with Crippen LogP contribution < -0.4 is 10.2 Å². The lowest BCUT2D eigenvalue weighted by molar-refractivity contribution is -0.121. The molecule has 2 heterocycles. The van der Waals surface area contributed by atoms with E-state index in [1.54, 1.807) is 17.0 Å². The summed E-state index contributed by atoms with van der Waals surface area (Å²) in [6.45, 7) is -0.372. The van der Waals surface area contributed by atoms with Gasteiger partial charge in [-0.1, -0.05) is 36.4 Å². The van der Waals surface area contributed by atoms with Crippen LogP contribution in [0.1, 0.15) is 33.6 Å². The number of rotatable bonds is 5. The third kappa shape index (κ3) is 4.16. The molecular weight excluding hydrogens is 424 g/mol. The van der Waals surface area contributed by atoms with Crippen LogP contribution >= 0.6 is 11.3 Å². The monoisotopic (exact) mass is 446 g/mol. The van der Waals surface area contributed by atoms with Crippen molar-refractivity contribution in [3.05, 3.63) is 76.7 Å². The number of nitrogens with zero attached hydrogens (tertiary/aromatic N) is 1. The predicted octanol–water partition coefficient (Wildman–Crippen LogP) is 4.72.